The Morgan fingerprint density at radius 1 is 1.33 bits per heavy atom. The summed E-state index contributed by atoms with van der Waals surface area (Å²) in [7, 11) is 0. The van der Waals surface area contributed by atoms with E-state index in [1.54, 1.807) is 0 Å². The monoisotopic (exact) mass is 269 g/mol. The van der Waals surface area contributed by atoms with Crippen LogP contribution in [0.25, 0.3) is 0 Å². The van der Waals surface area contributed by atoms with Crippen molar-refractivity contribution in [3.63, 3.8) is 0 Å². The highest BCUT2D eigenvalue weighted by atomic mass is 32.1. The van der Waals surface area contributed by atoms with Gasteiger partial charge >= 0.3 is 5.97 Å². The molecule has 1 aromatic rings. The van der Waals surface area contributed by atoms with Crippen molar-refractivity contribution in [2.75, 3.05) is 13.1 Å². The molecule has 3 amide bonds. The molecule has 0 aromatic carbocycles. The summed E-state index contributed by atoms with van der Waals surface area (Å²) in [5, 5.41) is 11.9. The van der Waals surface area contributed by atoms with E-state index in [1.165, 1.54) is 5.38 Å². The van der Waals surface area contributed by atoms with Gasteiger partial charge in [0.25, 0.3) is 5.91 Å². The lowest BCUT2D eigenvalue weighted by Crippen LogP contribution is -2.53. The Labute approximate surface area is 104 Å². The maximum atomic E-state index is 11.9. The minimum Gasteiger partial charge on any atom is -0.476 e. The average molecular weight is 269 g/mol. The maximum Gasteiger partial charge on any atom is 0.355 e. The first-order valence-electron chi connectivity index (χ1n) is 4.78. The molecule has 0 saturated carbocycles. The molecule has 0 aliphatic carbocycles. The van der Waals surface area contributed by atoms with Gasteiger partial charge in [0, 0.05) is 5.38 Å². The van der Waals surface area contributed by atoms with Crippen molar-refractivity contribution in [1.29, 1.82) is 0 Å². The smallest absolute Gasteiger partial charge is 0.355 e. The number of hydrogen-bond acceptors (Lipinski definition) is 6. The van der Waals surface area contributed by atoms with Gasteiger partial charge in [-0.05, 0) is 0 Å². The van der Waals surface area contributed by atoms with Crippen molar-refractivity contribution < 1.29 is 24.3 Å². The van der Waals surface area contributed by atoms with Crippen molar-refractivity contribution in [1.82, 2.24) is 15.2 Å². The zero-order chi connectivity index (χ0) is 13.3. The Morgan fingerprint density at radius 3 is 2.44 bits per heavy atom. The maximum absolute atomic E-state index is 11.9. The molecule has 1 aromatic heterocycles. The fourth-order valence-corrected chi connectivity index (χ4v) is 2.14. The number of hydrogen-bond donors (Lipinski definition) is 2. The molecule has 2 heterocycles. The molecule has 0 bridgehead atoms. The number of carboxylic acid groups (broad SMARTS) is 1. The van der Waals surface area contributed by atoms with Gasteiger partial charge in [0.1, 0.15) is 13.1 Å². The molecular weight excluding hydrogens is 262 g/mol. The molecule has 0 atom stereocenters. The number of carboxylic acids is 1. The molecule has 9 heteroatoms. The molecule has 18 heavy (non-hydrogen) atoms. The summed E-state index contributed by atoms with van der Waals surface area (Å²) in [4.78, 5) is 49.3. The van der Waals surface area contributed by atoms with Crippen molar-refractivity contribution in [3.05, 3.63) is 16.1 Å². The number of nitrogens with zero attached hydrogens (tertiary/aromatic N) is 2. The normalized spacial score (nSPS) is 15.4. The van der Waals surface area contributed by atoms with Crippen LogP contribution < -0.4 is 5.32 Å². The lowest BCUT2D eigenvalue weighted by atomic mass is 10.3. The fraction of sp³-hybridized carbons (Fsp3) is 0.222. The highest BCUT2D eigenvalue weighted by Gasteiger charge is 2.29. The van der Waals surface area contributed by atoms with Gasteiger partial charge in [0.2, 0.25) is 11.8 Å². The highest BCUT2D eigenvalue weighted by molar-refractivity contribution is 7.11. The number of imide groups is 1. The molecular formula is C9H7N3O5S. The van der Waals surface area contributed by atoms with Crippen LogP contribution >= 0.6 is 11.3 Å². The van der Waals surface area contributed by atoms with E-state index in [2.05, 4.69) is 10.3 Å². The number of thiazole rings is 1. The lowest BCUT2D eigenvalue weighted by Gasteiger charge is -2.24. The quantitative estimate of drug-likeness (QED) is 0.661. The predicted octanol–water partition coefficient (Wildman–Crippen LogP) is -1.06. The van der Waals surface area contributed by atoms with Crippen molar-refractivity contribution in [3.8, 4) is 0 Å². The second-order valence-corrected chi connectivity index (χ2v) is 4.33. The zero-order valence-corrected chi connectivity index (χ0v) is 9.69. The van der Waals surface area contributed by atoms with Crippen LogP contribution in [0, 0.1) is 0 Å². The van der Waals surface area contributed by atoms with E-state index < -0.39 is 23.7 Å². The van der Waals surface area contributed by atoms with Crippen LogP contribution in [0.4, 0.5) is 0 Å². The van der Waals surface area contributed by atoms with E-state index >= 15 is 0 Å². The molecule has 0 spiro atoms. The van der Waals surface area contributed by atoms with Crippen molar-refractivity contribution in [2.24, 2.45) is 0 Å². The van der Waals surface area contributed by atoms with E-state index in [9.17, 15) is 19.2 Å². The third-order valence-corrected chi connectivity index (χ3v) is 2.97. The van der Waals surface area contributed by atoms with Crippen molar-refractivity contribution >= 4 is 35.0 Å². The van der Waals surface area contributed by atoms with Gasteiger partial charge in [-0.3, -0.25) is 19.7 Å². The first-order chi connectivity index (χ1) is 8.47. The molecule has 2 rings (SSSR count). The molecule has 1 aliphatic rings. The zero-order valence-electron chi connectivity index (χ0n) is 8.87. The second-order valence-electron chi connectivity index (χ2n) is 3.48. The summed E-state index contributed by atoms with van der Waals surface area (Å²) in [6, 6.07) is 0. The first-order valence-corrected chi connectivity index (χ1v) is 5.66. The van der Waals surface area contributed by atoms with Crippen LogP contribution in [0.5, 0.6) is 0 Å². The lowest BCUT2D eigenvalue weighted by molar-refractivity contribution is -0.135. The molecule has 2 N–H and O–H groups in total. The standard InChI is InChI=1S/C9H7N3O5S/c13-5-1-12(2-6(14)11-5)8(15)7-10-4(3-18-7)9(16)17/h3H,1-2H2,(H,16,17)(H,11,13,14). The van der Waals surface area contributed by atoms with Crippen LogP contribution in [0.15, 0.2) is 5.38 Å². The number of aromatic carboxylic acids is 1. The van der Waals surface area contributed by atoms with Gasteiger partial charge in [-0.25, -0.2) is 9.78 Å². The molecule has 8 nitrogen and oxygen atoms in total. The Kier molecular flexibility index (Phi) is 3.06. The number of carbonyl (C=O) groups excluding carboxylic acids is 3. The van der Waals surface area contributed by atoms with E-state index in [1.807, 2.05) is 0 Å². The SMILES string of the molecule is O=C1CN(C(=O)c2nc(C(=O)O)cs2)CC(=O)N1. The number of carbonyl (C=O) groups is 4. The summed E-state index contributed by atoms with van der Waals surface area (Å²) in [6.45, 7) is -0.487. The number of amides is 3. The molecule has 0 unspecified atom stereocenters. The summed E-state index contributed by atoms with van der Waals surface area (Å²) in [5.41, 5.74) is -0.240. The Hall–Kier alpha value is -2.29. The Bertz CT molecular complexity index is 536. The van der Waals surface area contributed by atoms with E-state index in [0.29, 0.717) is 0 Å². The summed E-state index contributed by atoms with van der Waals surface area (Å²) in [5.74, 6) is -3.02. The minimum absolute atomic E-state index is 0.0603. The minimum atomic E-state index is -1.24. The summed E-state index contributed by atoms with van der Waals surface area (Å²) < 4.78 is 0. The van der Waals surface area contributed by atoms with E-state index in [-0.39, 0.29) is 23.8 Å². The number of piperazine rings is 1. The van der Waals surface area contributed by atoms with Crippen LogP contribution in [-0.4, -0.2) is 51.8 Å². The van der Waals surface area contributed by atoms with Gasteiger partial charge < -0.3 is 10.0 Å². The van der Waals surface area contributed by atoms with Gasteiger partial charge in [-0.15, -0.1) is 11.3 Å². The van der Waals surface area contributed by atoms with Crippen LogP contribution in [0.3, 0.4) is 0 Å². The summed E-state index contributed by atoms with van der Waals surface area (Å²) >= 11 is 0.856. The highest BCUT2D eigenvalue weighted by Crippen LogP contribution is 2.13. The average Bonchev–Trinajstić information content (AvgIpc) is 2.75. The van der Waals surface area contributed by atoms with Crippen LogP contribution in [0.2, 0.25) is 0 Å². The van der Waals surface area contributed by atoms with Gasteiger partial charge in [-0.1, -0.05) is 0 Å². The molecule has 94 valence electrons. The van der Waals surface area contributed by atoms with Gasteiger partial charge in [0.05, 0.1) is 0 Å². The fourth-order valence-electron chi connectivity index (χ4n) is 1.39. The van der Waals surface area contributed by atoms with Gasteiger partial charge in [0.15, 0.2) is 10.7 Å². The van der Waals surface area contributed by atoms with E-state index in [0.717, 1.165) is 16.2 Å². The molecule has 1 aliphatic heterocycles. The number of nitrogens with one attached hydrogen (secondary N) is 1. The molecule has 1 fully saturated rings. The second kappa shape index (κ2) is 4.53. The Morgan fingerprint density at radius 2 is 1.94 bits per heavy atom. The van der Waals surface area contributed by atoms with Crippen molar-refractivity contribution in [2.45, 2.75) is 0 Å². The van der Waals surface area contributed by atoms with Gasteiger partial charge in [-0.2, -0.15) is 0 Å². The number of rotatable bonds is 2. The topological polar surface area (TPSA) is 117 Å². The molecule has 1 saturated heterocycles. The number of aromatic nitrogens is 1. The third-order valence-electron chi connectivity index (χ3n) is 2.14. The Balaban J connectivity index is 2.17. The third kappa shape index (κ3) is 2.35. The first kappa shape index (κ1) is 12.2. The van der Waals surface area contributed by atoms with E-state index in [4.69, 9.17) is 5.11 Å². The summed E-state index contributed by atoms with van der Waals surface area (Å²) in [6.07, 6.45) is 0. The van der Waals surface area contributed by atoms with Crippen LogP contribution in [0.1, 0.15) is 20.3 Å². The molecule has 0 radical (unpaired) electrons. The van der Waals surface area contributed by atoms with Crippen LogP contribution in [-0.2, 0) is 9.59 Å². The largest absolute Gasteiger partial charge is 0.476 e. The predicted molar refractivity (Wildman–Crippen MR) is 58.1 cm³/mol.